The van der Waals surface area contributed by atoms with Crippen LogP contribution < -0.4 is 10.6 Å². The van der Waals surface area contributed by atoms with E-state index >= 15 is 13.2 Å². The maximum Gasteiger partial charge on any atom is 0.410 e. The average molecular weight is 1140 g/mol. The molecule has 81 heavy (non-hydrogen) atoms. The molecule has 2 aromatic heterocycles. The number of carbonyl (C=O) groups is 4. The molecule has 1 fully saturated rings. The number of aromatic nitrogens is 2. The number of benzene rings is 3. The molecule has 1 saturated heterocycles. The monoisotopic (exact) mass is 1140 g/mol. The van der Waals surface area contributed by atoms with Crippen molar-refractivity contribution in [2.45, 2.75) is 143 Å². The number of nitrogens with one attached hydrogen (secondary N) is 3. The Morgan fingerprint density at radius 3 is 2.38 bits per heavy atom. The number of unbranched alkanes of at least 4 members (excludes halogenated alkanes) is 2. The van der Waals surface area contributed by atoms with Crippen LogP contribution in [0, 0.1) is 17.8 Å². The van der Waals surface area contributed by atoms with Gasteiger partial charge < -0.3 is 44.7 Å². The van der Waals surface area contributed by atoms with E-state index in [1.807, 2.05) is 118 Å². The van der Waals surface area contributed by atoms with Crippen LogP contribution in [0.25, 0.3) is 21.3 Å². The number of hydrogen-bond donors (Lipinski definition) is 4. The van der Waals surface area contributed by atoms with Crippen molar-refractivity contribution in [2.75, 3.05) is 46.0 Å². The minimum Gasteiger partial charge on any atom is -0.492 e. The molecule has 8 rings (SSSR count). The third kappa shape index (κ3) is 14.8. The summed E-state index contributed by atoms with van der Waals surface area (Å²) in [5, 5.41) is 17.4. The summed E-state index contributed by atoms with van der Waals surface area (Å²) >= 11 is 1.56. The number of aliphatic hydroxyl groups excluding tert-OH is 1. The van der Waals surface area contributed by atoms with Gasteiger partial charge in [-0.3, -0.25) is 19.3 Å². The topological polar surface area (TPSA) is 179 Å². The Morgan fingerprint density at radius 2 is 1.69 bits per heavy atom. The number of H-pyrrole nitrogens is 1. The maximum absolute atomic E-state index is 16.9. The number of rotatable bonds is 23. The van der Waals surface area contributed by atoms with Crippen molar-refractivity contribution in [1.82, 2.24) is 35.3 Å². The molecule has 0 spiro atoms. The molecule has 0 saturated carbocycles. The van der Waals surface area contributed by atoms with Gasteiger partial charge in [-0.05, 0) is 100 Å². The van der Waals surface area contributed by atoms with Crippen LogP contribution in [-0.4, -0.2) is 136 Å². The zero-order valence-electron chi connectivity index (χ0n) is 47.7. The quantitative estimate of drug-likeness (QED) is 0.0460. The fourth-order valence-corrected chi connectivity index (χ4v) is 12.0. The number of hydrogen-bond acceptors (Lipinski definition) is 11. The van der Waals surface area contributed by atoms with Crippen molar-refractivity contribution in [1.29, 1.82) is 0 Å². The zero-order chi connectivity index (χ0) is 58.2. The fourth-order valence-electron chi connectivity index (χ4n) is 11.2. The van der Waals surface area contributed by atoms with Crippen molar-refractivity contribution < 1.29 is 51.7 Å². The number of β-amino-alcohol motifs (C(OH)–C–C–N with tert-alkyl or cyclic N) is 1. The highest BCUT2D eigenvalue weighted by atomic mass is 32.1. The van der Waals surface area contributed by atoms with Crippen LogP contribution >= 0.6 is 11.3 Å². The predicted octanol–water partition coefficient (Wildman–Crippen LogP) is 10.4. The van der Waals surface area contributed by atoms with Gasteiger partial charge in [0.15, 0.2) is 0 Å². The molecule has 4 N–H and O–H groups in total. The van der Waals surface area contributed by atoms with Gasteiger partial charge in [-0.15, -0.1) is 11.3 Å². The minimum absolute atomic E-state index is 0.0221. The van der Waals surface area contributed by atoms with Crippen LogP contribution in [-0.2, 0) is 48.2 Å². The van der Waals surface area contributed by atoms with E-state index in [0.29, 0.717) is 31.4 Å². The van der Waals surface area contributed by atoms with Gasteiger partial charge in [-0.1, -0.05) is 93.6 Å². The number of allylic oxidation sites excluding steroid dienone is 2. The molecule has 0 bridgehead atoms. The summed E-state index contributed by atoms with van der Waals surface area (Å²) in [6.45, 7) is 14.1. The third-order valence-corrected chi connectivity index (χ3v) is 16.5. The van der Waals surface area contributed by atoms with Gasteiger partial charge >= 0.3 is 6.09 Å². The number of likely N-dealkylation sites (tertiary alicyclic amines) is 1. The normalized spacial score (nSPS) is 21.7. The van der Waals surface area contributed by atoms with E-state index in [1.54, 1.807) is 23.8 Å². The highest BCUT2D eigenvalue weighted by molar-refractivity contribution is 7.13. The zero-order valence-corrected chi connectivity index (χ0v) is 48.6. The number of aromatic amines is 1. The lowest BCUT2D eigenvalue weighted by atomic mass is 9.69. The van der Waals surface area contributed by atoms with Gasteiger partial charge in [-0.25, -0.2) is 22.9 Å². The van der Waals surface area contributed by atoms with Crippen LogP contribution in [0.15, 0.2) is 108 Å². The Morgan fingerprint density at radius 1 is 0.963 bits per heavy atom. The molecule has 7 atom stereocenters. The minimum atomic E-state index is -1.86. The number of alkyl halides is 2. The molecule has 1 aliphatic carbocycles. The molecule has 19 heteroatoms. The van der Waals surface area contributed by atoms with E-state index in [2.05, 4.69) is 20.6 Å². The Kier molecular flexibility index (Phi) is 19.5. The van der Waals surface area contributed by atoms with E-state index in [1.165, 1.54) is 35.8 Å². The average Bonchev–Trinajstić information content (AvgIpc) is 4.18. The Balaban J connectivity index is 0.821. The lowest BCUT2D eigenvalue weighted by Gasteiger charge is -2.51. The number of thiazole rings is 1. The second-order valence-corrected chi connectivity index (χ2v) is 24.4. The first-order chi connectivity index (χ1) is 38.5. The SMILES string of the molecule is Cc1ncsc1-c1ccc(CNC(=O)[C@@H]2C[C@@H](O)CN2C(=O)[C@@H](NC(=O)COCCCCCN(CCOC2=CC(F)C(C)([C@@H]3c4[nH]c5ccccc5c4C[C@@H](C)N3CC(C)(C)F)C(F)=C2)C(=O)OCc2ccccc2)C(C)(C)C)cc1. The molecule has 2 aliphatic heterocycles. The molecule has 3 aliphatic rings. The third-order valence-electron chi connectivity index (χ3n) is 15.6. The summed E-state index contributed by atoms with van der Waals surface area (Å²) in [5.74, 6) is -2.17. The fraction of sp³-hybridized carbons (Fsp3) is 0.500. The number of para-hydroxylation sites is 1. The second-order valence-electron chi connectivity index (χ2n) is 23.6. The summed E-state index contributed by atoms with van der Waals surface area (Å²) in [5.41, 5.74) is 3.78. The van der Waals surface area contributed by atoms with Crippen molar-refractivity contribution in [3.8, 4) is 10.4 Å². The number of amides is 4. The number of ether oxygens (including phenoxy) is 3. The van der Waals surface area contributed by atoms with Crippen LogP contribution in [0.3, 0.4) is 0 Å². The van der Waals surface area contributed by atoms with Gasteiger partial charge in [-0.2, -0.15) is 0 Å². The molecular formula is C62H78F3N7O8S. The van der Waals surface area contributed by atoms with E-state index < -0.39 is 76.5 Å². The first-order valence-electron chi connectivity index (χ1n) is 28.0. The molecule has 0 radical (unpaired) electrons. The van der Waals surface area contributed by atoms with Crippen LogP contribution in [0.4, 0.5) is 18.0 Å². The number of halogens is 3. The number of aliphatic hydroxyl groups is 1. The highest BCUT2D eigenvalue weighted by Crippen LogP contribution is 2.55. The lowest BCUT2D eigenvalue weighted by Crippen LogP contribution is -2.58. The van der Waals surface area contributed by atoms with Gasteiger partial charge in [0.05, 0.1) is 40.2 Å². The summed E-state index contributed by atoms with van der Waals surface area (Å²) < 4.78 is 66.7. The Labute approximate surface area is 477 Å². The number of fused-ring (bicyclic) bond motifs is 3. The van der Waals surface area contributed by atoms with E-state index in [9.17, 15) is 24.3 Å². The van der Waals surface area contributed by atoms with Crippen molar-refractivity contribution in [3.63, 3.8) is 0 Å². The molecule has 3 aromatic carbocycles. The van der Waals surface area contributed by atoms with E-state index in [-0.39, 0.29) is 77.4 Å². The maximum atomic E-state index is 16.9. The highest BCUT2D eigenvalue weighted by Gasteiger charge is 2.55. The molecule has 4 heterocycles. The Bertz CT molecular complexity index is 3050. The molecule has 2 unspecified atom stereocenters. The predicted molar refractivity (Wildman–Crippen MR) is 307 cm³/mol. The summed E-state index contributed by atoms with van der Waals surface area (Å²) in [4.78, 5) is 68.1. The van der Waals surface area contributed by atoms with Gasteiger partial charge in [0.25, 0.3) is 0 Å². The van der Waals surface area contributed by atoms with E-state index in [4.69, 9.17) is 14.2 Å². The van der Waals surface area contributed by atoms with Crippen LogP contribution in [0.1, 0.15) is 108 Å². The lowest BCUT2D eigenvalue weighted by molar-refractivity contribution is -0.144. The molecular weight excluding hydrogens is 1060 g/mol. The molecule has 436 valence electrons. The molecule has 5 aromatic rings. The first kappa shape index (κ1) is 60.6. The number of nitrogens with zero attached hydrogens (tertiary/aromatic N) is 4. The van der Waals surface area contributed by atoms with Crippen molar-refractivity contribution in [3.05, 3.63) is 136 Å². The molecule has 4 amide bonds. The van der Waals surface area contributed by atoms with E-state index in [0.717, 1.165) is 43.7 Å². The summed E-state index contributed by atoms with van der Waals surface area (Å²) in [7, 11) is 0. The molecule has 15 nitrogen and oxygen atoms in total. The van der Waals surface area contributed by atoms with Crippen LogP contribution in [0.5, 0.6) is 0 Å². The van der Waals surface area contributed by atoms with Gasteiger partial charge in [0, 0.05) is 67.9 Å². The first-order valence-corrected chi connectivity index (χ1v) is 28.9. The number of carbonyl (C=O) groups excluding carboxylic acids is 4. The number of aryl methyl sites for hydroxylation is 1. The van der Waals surface area contributed by atoms with Gasteiger partial charge in [0.1, 0.15) is 55.3 Å². The smallest absolute Gasteiger partial charge is 0.410 e. The van der Waals surface area contributed by atoms with Crippen molar-refractivity contribution >= 4 is 46.1 Å². The summed E-state index contributed by atoms with van der Waals surface area (Å²) in [6.07, 6.45) is 1.38. The van der Waals surface area contributed by atoms with Crippen LogP contribution in [0.2, 0.25) is 0 Å². The van der Waals surface area contributed by atoms with Gasteiger partial charge in [0.2, 0.25) is 17.7 Å². The Hall–Kier alpha value is -6.54. The largest absolute Gasteiger partial charge is 0.492 e. The summed E-state index contributed by atoms with van der Waals surface area (Å²) in [6, 6.07) is 21.7. The standard InChI is InChI=1S/C62H78F3N7O8S/c1-39-29-47-46-19-13-14-20-48(46)68-53(47)56(72(39)37-61(6,7)65)62(8)50(63)31-45(32-51(62)64)79-28-26-70(59(77)80-35-42-17-11-9-12-18-42)25-15-10-16-27-78-36-52(74)69-55(60(3,4)5)58(76)71-34-44(73)30-49(71)57(75)66-33-41-21-23-43(24-22-41)54-40(2)67-38-81-54/h9,11-14,17-24,31-32,38-39,44,49-50,55-56,68,73H,10,15-16,25-30,33-37H2,1-8H3,(H,66,75)(H,69,74)/t39-,44-,49+,50?,55-,56+,62?/m1/s1. The van der Waals surface area contributed by atoms with Crippen molar-refractivity contribution in [2.24, 2.45) is 10.8 Å². The second kappa shape index (κ2) is 26.1.